The van der Waals surface area contributed by atoms with E-state index in [1.54, 1.807) is 0 Å². The van der Waals surface area contributed by atoms with Crippen LogP contribution in [0.1, 0.15) is 32.3 Å². The van der Waals surface area contributed by atoms with Gasteiger partial charge in [-0.05, 0) is 17.9 Å². The first-order chi connectivity index (χ1) is 11.7. The van der Waals surface area contributed by atoms with Crippen LogP contribution < -0.4 is 11.1 Å². The smallest absolute Gasteiger partial charge is 0.304 e. The molecule has 1 aromatic carbocycles. The van der Waals surface area contributed by atoms with Crippen molar-refractivity contribution >= 4 is 30.4 Å². The molecule has 3 unspecified atom stereocenters. The lowest BCUT2D eigenvalue weighted by atomic mass is 9.91. The minimum absolute atomic E-state index is 0.181. The summed E-state index contributed by atoms with van der Waals surface area (Å²) in [5, 5.41) is 11.0. The Labute approximate surface area is 153 Å². The first kappa shape index (κ1) is 21.0. The van der Waals surface area contributed by atoms with Gasteiger partial charge in [-0.2, -0.15) is 12.6 Å². The average Bonchev–Trinajstić information content (AvgIpc) is 2.51. The predicted octanol–water partition coefficient (Wildman–Crippen LogP) is 1.63. The molecule has 0 aliphatic carbocycles. The number of carbonyl (C=O) groups excluding carboxylic acids is 2. The number of thiol groups is 1. The molecule has 0 aliphatic rings. The minimum atomic E-state index is -1.02. The number of carboxylic acid groups (broad SMARTS) is 1. The number of rotatable bonds is 10. The number of nitrogens with two attached hydrogens (primary N) is 1. The number of carboxylic acids is 1. The fourth-order valence-electron chi connectivity index (χ4n) is 2.62. The molecular formula is C18H26N2O4S. The molecule has 6 nitrogen and oxygen atoms in total. The fourth-order valence-corrected chi connectivity index (χ4v) is 3.03. The molecule has 0 bridgehead atoms. The van der Waals surface area contributed by atoms with Gasteiger partial charge in [0.25, 0.3) is 0 Å². The summed E-state index contributed by atoms with van der Waals surface area (Å²) in [6.07, 6.45) is 0.532. The van der Waals surface area contributed by atoms with Gasteiger partial charge in [-0.25, -0.2) is 0 Å². The molecule has 0 aromatic heterocycles. The maximum atomic E-state index is 12.6. The van der Waals surface area contributed by atoms with Crippen LogP contribution in [0.2, 0.25) is 0 Å². The van der Waals surface area contributed by atoms with Gasteiger partial charge in [-0.1, -0.05) is 44.2 Å². The highest BCUT2D eigenvalue weighted by Gasteiger charge is 2.30. The van der Waals surface area contributed by atoms with E-state index < -0.39 is 35.0 Å². The number of carbonyl (C=O) groups is 3. The van der Waals surface area contributed by atoms with Crippen LogP contribution in [-0.2, 0) is 20.8 Å². The van der Waals surface area contributed by atoms with Crippen molar-refractivity contribution < 1.29 is 19.5 Å². The second-order valence-electron chi connectivity index (χ2n) is 6.55. The second kappa shape index (κ2) is 10.1. The Hall–Kier alpha value is -2.02. The first-order valence-corrected chi connectivity index (χ1v) is 8.75. The third-order valence-electron chi connectivity index (χ3n) is 3.85. The highest BCUT2D eigenvalue weighted by Crippen LogP contribution is 2.23. The van der Waals surface area contributed by atoms with Gasteiger partial charge in [0.15, 0.2) is 0 Å². The molecule has 4 N–H and O–H groups in total. The molecule has 1 aromatic rings. The molecule has 0 spiro atoms. The van der Waals surface area contributed by atoms with Gasteiger partial charge in [0.2, 0.25) is 11.8 Å². The van der Waals surface area contributed by atoms with Crippen molar-refractivity contribution in [1.82, 2.24) is 5.32 Å². The molecule has 3 atom stereocenters. The van der Waals surface area contributed by atoms with Crippen molar-refractivity contribution in [3.05, 3.63) is 35.9 Å². The van der Waals surface area contributed by atoms with Gasteiger partial charge in [-0.3, -0.25) is 14.4 Å². The lowest BCUT2D eigenvalue weighted by Gasteiger charge is -2.25. The molecular weight excluding hydrogens is 340 g/mol. The lowest BCUT2D eigenvalue weighted by molar-refractivity contribution is -0.137. The molecule has 0 heterocycles. The van der Waals surface area contributed by atoms with Crippen LogP contribution in [0.3, 0.4) is 0 Å². The quantitative estimate of drug-likeness (QED) is 0.472. The predicted molar refractivity (Wildman–Crippen MR) is 99.2 cm³/mol. The van der Waals surface area contributed by atoms with Gasteiger partial charge in [0.05, 0.1) is 12.3 Å². The summed E-state index contributed by atoms with van der Waals surface area (Å²) in [5.74, 6) is -2.47. The topological polar surface area (TPSA) is 109 Å². The number of primary amides is 1. The number of nitrogens with one attached hydrogen (secondary N) is 1. The number of hydrogen-bond acceptors (Lipinski definition) is 4. The number of hydrogen-bond donors (Lipinski definition) is 4. The summed E-state index contributed by atoms with van der Waals surface area (Å²) < 4.78 is 0. The zero-order valence-electron chi connectivity index (χ0n) is 14.5. The van der Waals surface area contributed by atoms with E-state index in [0.29, 0.717) is 6.42 Å². The van der Waals surface area contributed by atoms with E-state index in [1.807, 2.05) is 44.2 Å². The zero-order chi connectivity index (χ0) is 19.0. The summed E-state index contributed by atoms with van der Waals surface area (Å²) in [6.45, 7) is 3.88. The van der Waals surface area contributed by atoms with Crippen LogP contribution in [-0.4, -0.2) is 34.2 Å². The summed E-state index contributed by atoms with van der Waals surface area (Å²) in [5.41, 5.74) is 6.30. The van der Waals surface area contributed by atoms with Crippen LogP contribution in [0.4, 0.5) is 0 Å². The van der Waals surface area contributed by atoms with Crippen molar-refractivity contribution in [3.63, 3.8) is 0 Å². The minimum Gasteiger partial charge on any atom is -0.481 e. The summed E-state index contributed by atoms with van der Waals surface area (Å²) in [4.78, 5) is 35.3. The Bertz CT molecular complexity index is 592. The fraction of sp³-hybridized carbons (Fsp3) is 0.500. The van der Waals surface area contributed by atoms with Crippen LogP contribution >= 0.6 is 12.6 Å². The standard InChI is InChI=1S/C18H26N2O4S/c1-11(2)8-13(15(25)10-16(21)22)18(24)20-14(17(19)23)9-12-6-4-3-5-7-12/h3-7,11,13-15,25H,8-10H2,1-2H3,(H2,19,23)(H,20,24)(H,21,22). The van der Waals surface area contributed by atoms with Crippen molar-refractivity contribution in [2.45, 2.75) is 44.4 Å². The van der Waals surface area contributed by atoms with E-state index in [9.17, 15) is 14.4 Å². The molecule has 1 rings (SSSR count). The van der Waals surface area contributed by atoms with E-state index >= 15 is 0 Å². The highest BCUT2D eigenvalue weighted by atomic mass is 32.1. The maximum absolute atomic E-state index is 12.6. The van der Waals surface area contributed by atoms with Gasteiger partial charge >= 0.3 is 5.97 Å². The molecule has 0 saturated heterocycles. The molecule has 0 radical (unpaired) electrons. The van der Waals surface area contributed by atoms with Gasteiger partial charge in [0.1, 0.15) is 6.04 Å². The van der Waals surface area contributed by atoms with Gasteiger partial charge in [0, 0.05) is 11.7 Å². The Kier molecular flexibility index (Phi) is 8.48. The van der Waals surface area contributed by atoms with Gasteiger partial charge in [-0.15, -0.1) is 0 Å². The van der Waals surface area contributed by atoms with Crippen molar-refractivity contribution in [2.24, 2.45) is 17.6 Å². The summed E-state index contributed by atoms with van der Waals surface area (Å²) in [6, 6.07) is 8.38. The van der Waals surface area contributed by atoms with Crippen LogP contribution in [0.5, 0.6) is 0 Å². The summed E-state index contributed by atoms with van der Waals surface area (Å²) in [7, 11) is 0. The molecule has 2 amide bonds. The van der Waals surface area contributed by atoms with E-state index in [1.165, 1.54) is 0 Å². The van der Waals surface area contributed by atoms with E-state index in [-0.39, 0.29) is 18.8 Å². The van der Waals surface area contributed by atoms with Crippen molar-refractivity contribution in [2.75, 3.05) is 0 Å². The van der Waals surface area contributed by atoms with Gasteiger partial charge < -0.3 is 16.2 Å². The number of aliphatic carboxylic acids is 1. The van der Waals surface area contributed by atoms with Crippen LogP contribution in [0.15, 0.2) is 30.3 Å². The summed E-state index contributed by atoms with van der Waals surface area (Å²) >= 11 is 4.29. The third kappa shape index (κ3) is 7.60. The Balaban J connectivity index is 2.86. The molecule has 0 aliphatic heterocycles. The first-order valence-electron chi connectivity index (χ1n) is 8.24. The second-order valence-corrected chi connectivity index (χ2v) is 7.22. The average molecular weight is 366 g/mol. The lowest BCUT2D eigenvalue weighted by Crippen LogP contribution is -2.49. The molecule has 25 heavy (non-hydrogen) atoms. The Morgan fingerprint density at radius 3 is 2.28 bits per heavy atom. The highest BCUT2D eigenvalue weighted by molar-refractivity contribution is 7.81. The van der Waals surface area contributed by atoms with Crippen molar-refractivity contribution in [3.8, 4) is 0 Å². The SMILES string of the molecule is CC(C)CC(C(=O)NC(Cc1ccccc1)C(N)=O)C(S)CC(=O)O. The Morgan fingerprint density at radius 1 is 1.20 bits per heavy atom. The Morgan fingerprint density at radius 2 is 1.80 bits per heavy atom. The molecule has 7 heteroatoms. The normalized spacial score (nSPS) is 14.6. The zero-order valence-corrected chi connectivity index (χ0v) is 15.4. The van der Waals surface area contributed by atoms with Crippen molar-refractivity contribution in [1.29, 1.82) is 0 Å². The maximum Gasteiger partial charge on any atom is 0.304 e. The molecule has 138 valence electrons. The molecule has 0 fully saturated rings. The molecule has 0 saturated carbocycles. The van der Waals surface area contributed by atoms with Crippen LogP contribution in [0.25, 0.3) is 0 Å². The number of amides is 2. The largest absolute Gasteiger partial charge is 0.481 e. The van der Waals surface area contributed by atoms with Crippen LogP contribution in [0, 0.1) is 11.8 Å². The monoisotopic (exact) mass is 366 g/mol. The van der Waals surface area contributed by atoms with E-state index in [2.05, 4.69) is 17.9 Å². The number of benzene rings is 1. The van der Waals surface area contributed by atoms with E-state index in [0.717, 1.165) is 5.56 Å². The third-order valence-corrected chi connectivity index (χ3v) is 4.40. The van der Waals surface area contributed by atoms with E-state index in [4.69, 9.17) is 10.8 Å².